The van der Waals surface area contributed by atoms with E-state index in [4.69, 9.17) is 0 Å². The fraction of sp³-hybridized carbons (Fsp3) is 0.240. The van der Waals surface area contributed by atoms with Gasteiger partial charge in [0.1, 0.15) is 6.54 Å². The number of nitrogens with zero attached hydrogens (tertiary/aromatic N) is 2. The van der Waals surface area contributed by atoms with E-state index in [0.717, 1.165) is 21.9 Å². The van der Waals surface area contributed by atoms with Crippen LogP contribution in [0.5, 0.6) is 0 Å². The van der Waals surface area contributed by atoms with Crippen molar-refractivity contribution in [3.05, 3.63) is 90.0 Å². The summed E-state index contributed by atoms with van der Waals surface area (Å²) in [5.41, 5.74) is 2.18. The fourth-order valence-electron chi connectivity index (χ4n) is 4.22. The highest BCUT2D eigenvalue weighted by Gasteiger charge is 2.27. The SMILES string of the molecule is C[N+]1(Cc2ccc(P(c3ccccc3)c3ccccc3C#N)cc2)CCCC1. The van der Waals surface area contributed by atoms with Crippen LogP contribution < -0.4 is 15.9 Å². The molecule has 1 fully saturated rings. The highest BCUT2D eigenvalue weighted by atomic mass is 31.1. The van der Waals surface area contributed by atoms with E-state index in [2.05, 4.69) is 73.8 Å². The Labute approximate surface area is 169 Å². The molecule has 0 saturated carbocycles. The zero-order valence-corrected chi connectivity index (χ0v) is 17.3. The zero-order chi connectivity index (χ0) is 19.4. The van der Waals surface area contributed by atoms with Crippen LogP contribution in [0.1, 0.15) is 24.0 Å². The van der Waals surface area contributed by atoms with Gasteiger partial charge in [0.25, 0.3) is 0 Å². The molecule has 0 spiro atoms. The van der Waals surface area contributed by atoms with Gasteiger partial charge in [0, 0.05) is 23.7 Å². The third kappa shape index (κ3) is 4.02. The molecule has 28 heavy (non-hydrogen) atoms. The number of hydrogen-bond donors (Lipinski definition) is 0. The van der Waals surface area contributed by atoms with Crippen molar-refractivity contribution >= 4 is 23.8 Å². The lowest BCUT2D eigenvalue weighted by Gasteiger charge is -2.29. The minimum absolute atomic E-state index is 0.741. The Hall–Kier alpha value is -2.46. The number of likely N-dealkylation sites (tertiary alicyclic amines) is 1. The van der Waals surface area contributed by atoms with Gasteiger partial charge < -0.3 is 4.48 Å². The van der Waals surface area contributed by atoms with Crippen molar-refractivity contribution < 1.29 is 4.48 Å². The molecule has 0 aromatic heterocycles. The van der Waals surface area contributed by atoms with Crippen molar-refractivity contribution in [2.45, 2.75) is 19.4 Å². The second kappa shape index (κ2) is 8.27. The van der Waals surface area contributed by atoms with Gasteiger partial charge in [0.2, 0.25) is 0 Å². The Bertz CT molecular complexity index is 967. The molecule has 140 valence electrons. The van der Waals surface area contributed by atoms with Crippen LogP contribution in [0.2, 0.25) is 0 Å². The molecule has 1 saturated heterocycles. The standard InChI is InChI=1S/C25H26N2P/c1-27(17-7-8-18-27)20-21-13-15-24(16-14-21)28(23-10-3-2-4-11-23)25-12-6-5-9-22(25)19-26/h2-6,9-16H,7-8,17-18,20H2,1H3/q+1. The zero-order valence-electron chi connectivity index (χ0n) is 16.4. The van der Waals surface area contributed by atoms with Gasteiger partial charge in [0.05, 0.1) is 31.8 Å². The second-order valence-corrected chi connectivity index (χ2v) is 10.1. The molecule has 0 aliphatic carbocycles. The monoisotopic (exact) mass is 385 g/mol. The number of rotatable bonds is 5. The molecule has 0 amide bonds. The molecule has 0 bridgehead atoms. The highest BCUT2D eigenvalue weighted by molar-refractivity contribution is 7.79. The Morgan fingerprint density at radius 1 is 0.821 bits per heavy atom. The Balaban J connectivity index is 1.70. The first-order valence-corrected chi connectivity index (χ1v) is 11.3. The van der Waals surface area contributed by atoms with E-state index in [1.165, 1.54) is 42.1 Å². The molecular formula is C25H26N2P+. The summed E-state index contributed by atoms with van der Waals surface area (Å²) in [4.78, 5) is 0. The Kier molecular flexibility index (Phi) is 5.58. The second-order valence-electron chi connectivity index (χ2n) is 7.90. The summed E-state index contributed by atoms with van der Waals surface area (Å²) in [7, 11) is 1.64. The maximum atomic E-state index is 9.65. The third-order valence-electron chi connectivity index (χ3n) is 5.68. The van der Waals surface area contributed by atoms with Gasteiger partial charge in [-0.25, -0.2) is 0 Å². The van der Waals surface area contributed by atoms with E-state index >= 15 is 0 Å². The molecule has 4 rings (SSSR count). The summed E-state index contributed by atoms with van der Waals surface area (Å²) in [6.45, 7) is 3.68. The largest absolute Gasteiger partial charge is 0.322 e. The summed E-state index contributed by atoms with van der Waals surface area (Å²) in [5, 5.41) is 13.4. The van der Waals surface area contributed by atoms with Crippen molar-refractivity contribution in [3.8, 4) is 6.07 Å². The lowest BCUT2D eigenvalue weighted by molar-refractivity contribution is -0.910. The van der Waals surface area contributed by atoms with E-state index in [9.17, 15) is 5.26 Å². The maximum Gasteiger partial charge on any atom is 0.104 e. The first-order valence-electron chi connectivity index (χ1n) is 9.95. The molecule has 1 atom stereocenters. The minimum atomic E-state index is -0.741. The smallest absolute Gasteiger partial charge is 0.104 e. The first kappa shape index (κ1) is 18.9. The van der Waals surface area contributed by atoms with Gasteiger partial charge in [-0.05, 0) is 24.6 Å². The predicted octanol–water partition coefficient (Wildman–Crippen LogP) is 4.06. The molecule has 1 aliphatic heterocycles. The average Bonchev–Trinajstić information content (AvgIpc) is 3.17. The quantitative estimate of drug-likeness (QED) is 0.480. The Morgan fingerprint density at radius 2 is 1.43 bits per heavy atom. The summed E-state index contributed by atoms with van der Waals surface area (Å²) >= 11 is 0. The van der Waals surface area contributed by atoms with E-state index in [1.54, 1.807) is 0 Å². The van der Waals surface area contributed by atoms with Gasteiger partial charge in [0.15, 0.2) is 0 Å². The lowest BCUT2D eigenvalue weighted by atomic mass is 10.2. The van der Waals surface area contributed by atoms with E-state index in [0.29, 0.717) is 0 Å². The van der Waals surface area contributed by atoms with Crippen LogP contribution in [0.3, 0.4) is 0 Å². The predicted molar refractivity (Wildman–Crippen MR) is 119 cm³/mol. The van der Waals surface area contributed by atoms with Crippen molar-refractivity contribution in [1.82, 2.24) is 0 Å². The molecule has 1 aliphatic rings. The summed E-state index contributed by atoms with van der Waals surface area (Å²) in [6.07, 6.45) is 2.69. The number of hydrogen-bond acceptors (Lipinski definition) is 1. The maximum absolute atomic E-state index is 9.65. The van der Waals surface area contributed by atoms with Gasteiger partial charge in [-0.1, -0.05) is 72.8 Å². The van der Waals surface area contributed by atoms with Gasteiger partial charge in [-0.15, -0.1) is 0 Å². The fourth-order valence-corrected chi connectivity index (χ4v) is 6.59. The molecule has 1 heterocycles. The molecule has 2 nitrogen and oxygen atoms in total. The average molecular weight is 385 g/mol. The van der Waals surface area contributed by atoms with E-state index in [-0.39, 0.29) is 0 Å². The summed E-state index contributed by atoms with van der Waals surface area (Å²) < 4.78 is 1.16. The molecule has 1 unspecified atom stereocenters. The van der Waals surface area contributed by atoms with Crippen LogP contribution in [0.4, 0.5) is 0 Å². The van der Waals surface area contributed by atoms with Crippen molar-refractivity contribution in [2.75, 3.05) is 20.1 Å². The topological polar surface area (TPSA) is 23.8 Å². The molecule has 3 aromatic carbocycles. The minimum Gasteiger partial charge on any atom is -0.322 e. The molecular weight excluding hydrogens is 359 g/mol. The van der Waals surface area contributed by atoms with Crippen LogP contribution in [0.15, 0.2) is 78.9 Å². The van der Waals surface area contributed by atoms with Crippen molar-refractivity contribution in [1.29, 1.82) is 5.26 Å². The van der Waals surface area contributed by atoms with Crippen LogP contribution in [-0.2, 0) is 6.54 Å². The van der Waals surface area contributed by atoms with Gasteiger partial charge in [-0.2, -0.15) is 5.26 Å². The Morgan fingerprint density at radius 3 is 2.11 bits per heavy atom. The lowest BCUT2D eigenvalue weighted by Crippen LogP contribution is -2.39. The van der Waals surface area contributed by atoms with Crippen LogP contribution in [0, 0.1) is 11.3 Å². The molecule has 0 N–H and O–H groups in total. The van der Waals surface area contributed by atoms with Crippen LogP contribution in [-0.4, -0.2) is 24.6 Å². The third-order valence-corrected chi connectivity index (χ3v) is 8.19. The van der Waals surface area contributed by atoms with E-state index in [1.807, 2.05) is 18.2 Å². The van der Waals surface area contributed by atoms with Gasteiger partial charge >= 0.3 is 0 Å². The molecule has 3 heteroatoms. The summed E-state index contributed by atoms with van der Waals surface area (Å²) in [5.74, 6) is 0. The molecule has 3 aromatic rings. The number of nitriles is 1. The van der Waals surface area contributed by atoms with Crippen LogP contribution >= 0.6 is 7.92 Å². The normalized spacial score (nSPS) is 16.4. The van der Waals surface area contributed by atoms with Crippen LogP contribution in [0.25, 0.3) is 0 Å². The van der Waals surface area contributed by atoms with Crippen molar-refractivity contribution in [2.24, 2.45) is 0 Å². The number of quaternary nitrogens is 1. The highest BCUT2D eigenvalue weighted by Crippen LogP contribution is 2.34. The molecule has 0 radical (unpaired) electrons. The summed E-state index contributed by atoms with van der Waals surface area (Å²) in [6, 6.07) is 30.2. The van der Waals surface area contributed by atoms with E-state index < -0.39 is 7.92 Å². The first-order chi connectivity index (χ1) is 13.7. The van der Waals surface area contributed by atoms with Gasteiger partial charge in [-0.3, -0.25) is 0 Å². The van der Waals surface area contributed by atoms with Crippen molar-refractivity contribution in [3.63, 3.8) is 0 Å². The number of benzene rings is 3.